The Balaban J connectivity index is 2.19. The Morgan fingerprint density at radius 1 is 1.23 bits per heavy atom. The zero-order valence-corrected chi connectivity index (χ0v) is 16.3. The maximum Gasteiger partial charge on any atom is 0.437 e. The summed E-state index contributed by atoms with van der Waals surface area (Å²) in [6.45, 7) is 4.28. The summed E-state index contributed by atoms with van der Waals surface area (Å²) in [5.74, 6) is 0.641. The third-order valence-corrected chi connectivity index (χ3v) is 4.41. The van der Waals surface area contributed by atoms with E-state index < -0.39 is 5.76 Å². The quantitative estimate of drug-likeness (QED) is 0.695. The molecule has 26 heavy (non-hydrogen) atoms. The van der Waals surface area contributed by atoms with Gasteiger partial charge in [-0.25, -0.2) is 4.79 Å². The number of methoxy groups -OCH3 is 3. The largest absolute Gasteiger partial charge is 0.493 e. The smallest absolute Gasteiger partial charge is 0.437 e. The number of aromatic nitrogens is 2. The van der Waals surface area contributed by atoms with Gasteiger partial charge in [0.1, 0.15) is 0 Å². The molecule has 0 unspecified atom stereocenters. The average Bonchev–Trinajstić information content (AvgIpc) is 2.98. The highest BCUT2D eigenvalue weighted by Crippen LogP contribution is 2.37. The molecule has 0 aliphatic rings. The predicted molar refractivity (Wildman–Crippen MR) is 100.0 cm³/mol. The normalized spacial score (nSPS) is 11.9. The molecule has 0 amide bonds. The third kappa shape index (κ3) is 4.68. The Morgan fingerprint density at radius 2 is 1.96 bits per heavy atom. The van der Waals surface area contributed by atoms with Crippen LogP contribution >= 0.6 is 11.6 Å². The number of hydrogen-bond acceptors (Lipinski definition) is 6. The first kappa shape index (κ1) is 20.1. The van der Waals surface area contributed by atoms with E-state index in [2.05, 4.69) is 5.10 Å². The molecule has 1 aromatic heterocycles. The number of nitrogens with zero attached hydrogens (tertiary/aromatic N) is 2. The van der Waals surface area contributed by atoms with Crippen LogP contribution in [0.5, 0.6) is 11.5 Å². The molecule has 0 bridgehead atoms. The molecule has 0 saturated heterocycles. The van der Waals surface area contributed by atoms with Crippen molar-refractivity contribution < 1.29 is 18.6 Å². The maximum atomic E-state index is 11.9. The van der Waals surface area contributed by atoms with Crippen LogP contribution in [-0.4, -0.2) is 36.7 Å². The summed E-state index contributed by atoms with van der Waals surface area (Å²) in [4.78, 5) is 11.9. The van der Waals surface area contributed by atoms with E-state index in [0.29, 0.717) is 35.1 Å². The summed E-state index contributed by atoms with van der Waals surface area (Å²) in [6.07, 6.45) is 3.89. The lowest BCUT2D eigenvalue weighted by atomic mass is 10.1. The van der Waals surface area contributed by atoms with Gasteiger partial charge in [-0.05, 0) is 44.0 Å². The van der Waals surface area contributed by atoms with Crippen LogP contribution in [-0.2, 0) is 11.3 Å². The Bertz CT molecular complexity index is 839. The number of aryl methyl sites for hydroxylation is 1. The molecule has 0 aliphatic carbocycles. The number of halogens is 1. The van der Waals surface area contributed by atoms with Gasteiger partial charge in [-0.3, -0.25) is 0 Å². The summed E-state index contributed by atoms with van der Waals surface area (Å²) >= 11 is 6.32. The highest BCUT2D eigenvalue weighted by molar-refractivity contribution is 6.33. The van der Waals surface area contributed by atoms with Crippen LogP contribution in [0, 0.1) is 0 Å². The van der Waals surface area contributed by atoms with Crippen molar-refractivity contribution in [1.29, 1.82) is 0 Å². The average molecular weight is 383 g/mol. The molecule has 142 valence electrons. The number of benzene rings is 1. The maximum absolute atomic E-state index is 11.9. The zero-order valence-electron chi connectivity index (χ0n) is 15.5. The minimum Gasteiger partial charge on any atom is -0.493 e. The molecule has 0 aliphatic heterocycles. The molecule has 0 saturated carbocycles. The molecule has 0 radical (unpaired) electrons. The summed E-state index contributed by atoms with van der Waals surface area (Å²) in [7, 11) is 4.68. The Hall–Kier alpha value is -2.25. The van der Waals surface area contributed by atoms with Crippen LogP contribution in [0.4, 0.5) is 0 Å². The monoisotopic (exact) mass is 382 g/mol. The fraction of sp³-hybridized carbons (Fsp3) is 0.444. The van der Waals surface area contributed by atoms with E-state index in [0.717, 1.165) is 0 Å². The van der Waals surface area contributed by atoms with E-state index in [4.69, 9.17) is 30.2 Å². The second kappa shape index (κ2) is 8.42. The minimum absolute atomic E-state index is 0.191. The van der Waals surface area contributed by atoms with E-state index in [9.17, 15) is 4.79 Å². The van der Waals surface area contributed by atoms with Gasteiger partial charge in [-0.15, -0.1) is 5.10 Å². The highest BCUT2D eigenvalue weighted by atomic mass is 35.5. The molecule has 1 heterocycles. The van der Waals surface area contributed by atoms with Crippen molar-refractivity contribution in [2.75, 3.05) is 21.3 Å². The van der Waals surface area contributed by atoms with Crippen LogP contribution < -0.4 is 15.2 Å². The van der Waals surface area contributed by atoms with Gasteiger partial charge in [0.25, 0.3) is 0 Å². The summed E-state index contributed by atoms with van der Waals surface area (Å²) in [6, 6.07) is 3.52. The zero-order chi connectivity index (χ0) is 19.3. The number of ether oxygens (including phenoxy) is 3. The second-order valence-electron chi connectivity index (χ2n) is 6.18. The molecular formula is C18H23ClN2O5. The van der Waals surface area contributed by atoms with Gasteiger partial charge in [0.05, 0.1) is 31.4 Å². The minimum atomic E-state index is -0.519. The van der Waals surface area contributed by atoms with Gasteiger partial charge in [-0.2, -0.15) is 4.68 Å². The molecule has 0 N–H and O–H groups in total. The first-order chi connectivity index (χ1) is 12.3. The van der Waals surface area contributed by atoms with Crippen LogP contribution in [0.15, 0.2) is 21.3 Å². The molecule has 2 rings (SSSR count). The van der Waals surface area contributed by atoms with E-state index in [1.807, 2.05) is 13.8 Å². The van der Waals surface area contributed by atoms with E-state index in [1.165, 1.54) is 18.9 Å². The first-order valence-corrected chi connectivity index (χ1v) is 8.40. The lowest BCUT2D eigenvalue weighted by molar-refractivity contribution is 0.0109. The number of hydrogen-bond donors (Lipinski definition) is 0. The molecule has 7 nitrogen and oxygen atoms in total. The van der Waals surface area contributed by atoms with E-state index >= 15 is 0 Å². The van der Waals surface area contributed by atoms with Crippen LogP contribution in [0.3, 0.4) is 0 Å². The lowest BCUT2D eigenvalue weighted by Gasteiger charge is -2.21. The van der Waals surface area contributed by atoms with Gasteiger partial charge in [0.15, 0.2) is 11.5 Å². The second-order valence-corrected chi connectivity index (χ2v) is 6.56. The van der Waals surface area contributed by atoms with Gasteiger partial charge in [0, 0.05) is 13.2 Å². The van der Waals surface area contributed by atoms with Crippen molar-refractivity contribution >= 4 is 23.8 Å². The van der Waals surface area contributed by atoms with Crippen molar-refractivity contribution in [3.8, 4) is 11.5 Å². The van der Waals surface area contributed by atoms with Crippen LogP contribution in [0.1, 0.15) is 31.7 Å². The Labute approximate surface area is 157 Å². The molecule has 2 aromatic rings. The summed E-state index contributed by atoms with van der Waals surface area (Å²) in [5.41, 5.74) is 0.337. The molecule has 8 heteroatoms. The topological polar surface area (TPSA) is 75.7 Å². The van der Waals surface area contributed by atoms with Gasteiger partial charge < -0.3 is 18.6 Å². The van der Waals surface area contributed by atoms with Crippen LogP contribution in [0.25, 0.3) is 12.2 Å². The number of rotatable bonds is 8. The molecule has 0 atom stereocenters. The van der Waals surface area contributed by atoms with Crippen LogP contribution in [0.2, 0.25) is 5.02 Å². The standard InChI is InChI=1S/C18H23ClN2O5/c1-18(2,25-5)10-11-21-17(22)26-14(20-21)9-7-12-6-8-13(23-3)16(24-4)15(12)19/h6-9H,10-11H2,1-5H3. The van der Waals surface area contributed by atoms with E-state index in [-0.39, 0.29) is 11.5 Å². The molecule has 0 fully saturated rings. The lowest BCUT2D eigenvalue weighted by Crippen LogP contribution is -2.27. The van der Waals surface area contributed by atoms with Gasteiger partial charge >= 0.3 is 5.76 Å². The van der Waals surface area contributed by atoms with Gasteiger partial charge in [0.2, 0.25) is 5.89 Å². The van der Waals surface area contributed by atoms with Crippen molar-refractivity contribution in [2.45, 2.75) is 32.4 Å². The summed E-state index contributed by atoms with van der Waals surface area (Å²) in [5, 5.41) is 4.56. The first-order valence-electron chi connectivity index (χ1n) is 8.03. The van der Waals surface area contributed by atoms with Crippen molar-refractivity contribution in [3.63, 3.8) is 0 Å². The van der Waals surface area contributed by atoms with Gasteiger partial charge in [-0.1, -0.05) is 11.6 Å². The third-order valence-electron chi connectivity index (χ3n) is 4.02. The fourth-order valence-corrected chi connectivity index (χ4v) is 2.50. The van der Waals surface area contributed by atoms with Crippen molar-refractivity contribution in [2.24, 2.45) is 0 Å². The Kier molecular flexibility index (Phi) is 6.50. The van der Waals surface area contributed by atoms with Crippen molar-refractivity contribution in [3.05, 3.63) is 39.2 Å². The SMILES string of the molecule is COc1ccc(C=Cc2nn(CCC(C)(C)OC)c(=O)o2)c(Cl)c1OC. The van der Waals surface area contributed by atoms with E-state index in [1.54, 1.807) is 31.4 Å². The fourth-order valence-electron chi connectivity index (χ4n) is 2.20. The highest BCUT2D eigenvalue weighted by Gasteiger charge is 2.18. The van der Waals surface area contributed by atoms with Crippen molar-refractivity contribution in [1.82, 2.24) is 9.78 Å². The summed E-state index contributed by atoms with van der Waals surface area (Å²) < 4.78 is 22.2. The molecular weight excluding hydrogens is 360 g/mol. The molecule has 1 aromatic carbocycles. The predicted octanol–water partition coefficient (Wildman–Crippen LogP) is 3.49. The Morgan fingerprint density at radius 3 is 2.58 bits per heavy atom. The molecule has 0 spiro atoms.